The van der Waals surface area contributed by atoms with E-state index in [9.17, 15) is 18.5 Å². The van der Waals surface area contributed by atoms with Crippen molar-refractivity contribution in [3.63, 3.8) is 0 Å². The van der Waals surface area contributed by atoms with Crippen LogP contribution in [0.2, 0.25) is 0 Å². The fourth-order valence-corrected chi connectivity index (χ4v) is 3.40. The van der Waals surface area contributed by atoms with Crippen LogP contribution in [-0.4, -0.2) is 25.4 Å². The fourth-order valence-electron chi connectivity index (χ4n) is 1.99. The van der Waals surface area contributed by atoms with Gasteiger partial charge in [0.15, 0.2) is 0 Å². The van der Waals surface area contributed by atoms with Gasteiger partial charge in [0, 0.05) is 24.2 Å². The van der Waals surface area contributed by atoms with Gasteiger partial charge in [-0.25, -0.2) is 13.1 Å². The third kappa shape index (κ3) is 3.72. The van der Waals surface area contributed by atoms with Gasteiger partial charge < -0.3 is 5.73 Å². The first kappa shape index (κ1) is 13.9. The predicted molar refractivity (Wildman–Crippen MR) is 69.9 cm³/mol. The Morgan fingerprint density at radius 1 is 1.32 bits per heavy atom. The Morgan fingerprint density at radius 3 is 2.37 bits per heavy atom. The van der Waals surface area contributed by atoms with Crippen molar-refractivity contribution in [2.75, 3.05) is 0 Å². The Labute approximate surface area is 111 Å². The highest BCUT2D eigenvalue weighted by molar-refractivity contribution is 7.88. The molecule has 0 heterocycles. The van der Waals surface area contributed by atoms with E-state index >= 15 is 0 Å². The molecule has 0 saturated heterocycles. The summed E-state index contributed by atoms with van der Waals surface area (Å²) in [5, 5.41) is 10.5. The Kier molecular flexibility index (Phi) is 3.83. The molecule has 0 amide bonds. The molecular weight excluding hydrogens is 270 g/mol. The summed E-state index contributed by atoms with van der Waals surface area (Å²) in [6.45, 7) is 0. The Bertz CT molecular complexity index is 564. The molecule has 7 nitrogen and oxygen atoms in total. The van der Waals surface area contributed by atoms with Crippen molar-refractivity contribution in [1.82, 2.24) is 4.72 Å². The lowest BCUT2D eigenvalue weighted by atomic mass is 9.89. The SMILES string of the molecule is NC1CC(NS(=O)(=O)Cc2ccc([N+](=O)[O-])cc2)C1. The standard InChI is InChI=1S/C11H15N3O4S/c12-9-5-10(6-9)13-19(17,18)7-8-1-3-11(4-2-8)14(15)16/h1-4,9-10,13H,5-7,12H2. The molecule has 1 aliphatic rings. The van der Waals surface area contributed by atoms with Crippen molar-refractivity contribution in [2.45, 2.75) is 30.7 Å². The van der Waals surface area contributed by atoms with Crippen molar-refractivity contribution < 1.29 is 13.3 Å². The molecule has 8 heteroatoms. The van der Waals surface area contributed by atoms with E-state index in [4.69, 9.17) is 5.73 Å². The number of rotatable bonds is 5. The van der Waals surface area contributed by atoms with E-state index in [0.717, 1.165) is 0 Å². The third-order valence-corrected chi connectivity index (χ3v) is 4.43. The van der Waals surface area contributed by atoms with Crippen LogP contribution in [0.5, 0.6) is 0 Å². The van der Waals surface area contributed by atoms with Crippen molar-refractivity contribution in [3.05, 3.63) is 39.9 Å². The Hall–Kier alpha value is -1.51. The molecule has 1 saturated carbocycles. The lowest BCUT2D eigenvalue weighted by Crippen LogP contribution is -2.50. The fraction of sp³-hybridized carbons (Fsp3) is 0.455. The molecule has 1 aliphatic carbocycles. The summed E-state index contributed by atoms with van der Waals surface area (Å²) in [4.78, 5) is 9.96. The first-order chi connectivity index (χ1) is 8.85. The van der Waals surface area contributed by atoms with E-state index in [2.05, 4.69) is 4.72 Å². The quantitative estimate of drug-likeness (QED) is 0.604. The third-order valence-electron chi connectivity index (χ3n) is 3.02. The van der Waals surface area contributed by atoms with Crippen molar-refractivity contribution in [3.8, 4) is 0 Å². The van der Waals surface area contributed by atoms with Crippen molar-refractivity contribution in [2.24, 2.45) is 5.73 Å². The molecule has 0 atom stereocenters. The van der Waals surface area contributed by atoms with E-state index in [1.54, 1.807) is 0 Å². The average Bonchev–Trinajstić information content (AvgIpc) is 2.26. The van der Waals surface area contributed by atoms with Crippen LogP contribution >= 0.6 is 0 Å². The number of hydrogen-bond acceptors (Lipinski definition) is 5. The number of benzene rings is 1. The largest absolute Gasteiger partial charge is 0.328 e. The van der Waals surface area contributed by atoms with Gasteiger partial charge in [0.25, 0.3) is 5.69 Å². The number of sulfonamides is 1. The second-order valence-electron chi connectivity index (χ2n) is 4.73. The van der Waals surface area contributed by atoms with Gasteiger partial charge in [0.2, 0.25) is 10.0 Å². The van der Waals surface area contributed by atoms with Gasteiger partial charge in [-0.2, -0.15) is 0 Å². The lowest BCUT2D eigenvalue weighted by Gasteiger charge is -2.32. The summed E-state index contributed by atoms with van der Waals surface area (Å²) in [5.41, 5.74) is 6.05. The van der Waals surface area contributed by atoms with Gasteiger partial charge in [-0.05, 0) is 18.4 Å². The highest BCUT2D eigenvalue weighted by atomic mass is 32.2. The molecule has 0 radical (unpaired) electrons. The van der Waals surface area contributed by atoms with E-state index in [1.165, 1.54) is 24.3 Å². The first-order valence-corrected chi connectivity index (χ1v) is 7.50. The average molecular weight is 285 g/mol. The van der Waals surface area contributed by atoms with Crippen molar-refractivity contribution >= 4 is 15.7 Å². The Balaban J connectivity index is 1.97. The highest BCUT2D eigenvalue weighted by Crippen LogP contribution is 2.19. The van der Waals surface area contributed by atoms with Gasteiger partial charge in [0.1, 0.15) is 0 Å². The molecular formula is C11H15N3O4S. The molecule has 0 bridgehead atoms. The number of hydrogen-bond donors (Lipinski definition) is 2. The summed E-state index contributed by atoms with van der Waals surface area (Å²) >= 11 is 0. The van der Waals surface area contributed by atoms with Crippen LogP contribution in [0.3, 0.4) is 0 Å². The summed E-state index contributed by atoms with van der Waals surface area (Å²) in [6, 6.07) is 5.48. The maximum Gasteiger partial charge on any atom is 0.269 e. The number of non-ortho nitro benzene ring substituents is 1. The molecule has 0 aliphatic heterocycles. The van der Waals surface area contributed by atoms with Crippen LogP contribution < -0.4 is 10.5 Å². The second kappa shape index (κ2) is 5.24. The number of nitro groups is 1. The minimum absolute atomic E-state index is 0.0564. The molecule has 2 rings (SSSR count). The molecule has 1 aromatic rings. The number of nitrogens with two attached hydrogens (primary N) is 1. The van der Waals surface area contributed by atoms with Gasteiger partial charge in [-0.1, -0.05) is 12.1 Å². The molecule has 3 N–H and O–H groups in total. The number of nitro benzene ring substituents is 1. The van der Waals surface area contributed by atoms with Gasteiger partial charge in [-0.15, -0.1) is 0 Å². The summed E-state index contributed by atoms with van der Waals surface area (Å²) in [6.07, 6.45) is 1.30. The maximum atomic E-state index is 11.8. The van der Waals surface area contributed by atoms with Crippen LogP contribution in [0.15, 0.2) is 24.3 Å². The van der Waals surface area contributed by atoms with Crippen LogP contribution in [0, 0.1) is 10.1 Å². The molecule has 0 aromatic heterocycles. The second-order valence-corrected chi connectivity index (χ2v) is 6.48. The normalized spacial score (nSPS) is 22.8. The topological polar surface area (TPSA) is 115 Å². The lowest BCUT2D eigenvalue weighted by molar-refractivity contribution is -0.384. The smallest absolute Gasteiger partial charge is 0.269 e. The zero-order chi connectivity index (χ0) is 14.0. The van der Waals surface area contributed by atoms with E-state index in [0.29, 0.717) is 18.4 Å². The Morgan fingerprint density at radius 2 is 1.89 bits per heavy atom. The minimum Gasteiger partial charge on any atom is -0.328 e. The predicted octanol–water partition coefficient (Wildman–Crippen LogP) is 0.504. The first-order valence-electron chi connectivity index (χ1n) is 5.84. The summed E-state index contributed by atoms with van der Waals surface area (Å²) in [7, 11) is -3.43. The van der Waals surface area contributed by atoms with E-state index in [1.807, 2.05) is 0 Å². The maximum absolute atomic E-state index is 11.8. The number of nitrogens with one attached hydrogen (secondary N) is 1. The molecule has 19 heavy (non-hydrogen) atoms. The molecule has 1 aromatic carbocycles. The number of nitrogens with zero attached hydrogens (tertiary/aromatic N) is 1. The highest BCUT2D eigenvalue weighted by Gasteiger charge is 2.29. The molecule has 0 unspecified atom stereocenters. The van der Waals surface area contributed by atoms with E-state index in [-0.39, 0.29) is 23.5 Å². The molecule has 1 fully saturated rings. The van der Waals surface area contributed by atoms with Crippen LogP contribution in [0.4, 0.5) is 5.69 Å². The van der Waals surface area contributed by atoms with Crippen molar-refractivity contribution in [1.29, 1.82) is 0 Å². The molecule has 0 spiro atoms. The summed E-state index contributed by atoms with van der Waals surface area (Å²) < 4.78 is 26.3. The monoisotopic (exact) mass is 285 g/mol. The van der Waals surface area contributed by atoms with E-state index < -0.39 is 14.9 Å². The van der Waals surface area contributed by atoms with Gasteiger partial charge in [0.05, 0.1) is 10.7 Å². The van der Waals surface area contributed by atoms with Gasteiger partial charge >= 0.3 is 0 Å². The summed E-state index contributed by atoms with van der Waals surface area (Å²) in [5.74, 6) is -0.184. The van der Waals surface area contributed by atoms with Gasteiger partial charge in [-0.3, -0.25) is 10.1 Å². The zero-order valence-corrected chi connectivity index (χ0v) is 11.0. The van der Waals surface area contributed by atoms with Crippen LogP contribution in [0.1, 0.15) is 18.4 Å². The zero-order valence-electron chi connectivity index (χ0n) is 10.2. The van der Waals surface area contributed by atoms with Crippen LogP contribution in [0.25, 0.3) is 0 Å². The molecule has 104 valence electrons. The minimum atomic E-state index is -3.43. The van der Waals surface area contributed by atoms with Crippen LogP contribution in [-0.2, 0) is 15.8 Å².